The Morgan fingerprint density at radius 2 is 0.891 bits per heavy atom. The highest BCUT2D eigenvalue weighted by Crippen LogP contribution is 2.26. The van der Waals surface area contributed by atoms with Crippen LogP contribution in [0.1, 0.15) is 149 Å². The van der Waals surface area contributed by atoms with Crippen LogP contribution >= 0.6 is 0 Å². The van der Waals surface area contributed by atoms with Crippen LogP contribution in [0.4, 0.5) is 0 Å². The lowest BCUT2D eigenvalue weighted by Crippen LogP contribution is -2.64. The summed E-state index contributed by atoms with van der Waals surface area (Å²) in [6, 6.07) is -15.6. The van der Waals surface area contributed by atoms with Crippen molar-refractivity contribution in [3.63, 3.8) is 0 Å². The van der Waals surface area contributed by atoms with Gasteiger partial charge in [-0.15, -0.1) is 0 Å². The molecule has 1 saturated heterocycles. The van der Waals surface area contributed by atoms with Crippen LogP contribution in [0.2, 0.25) is 0 Å². The number of amides is 11. The number of allylic oxidation sites excluding steroid dienone is 2. The van der Waals surface area contributed by atoms with Gasteiger partial charge in [0.1, 0.15) is 73.1 Å². The molecule has 526 valence electrons. The second-order valence-electron chi connectivity index (χ2n) is 27.2. The van der Waals surface area contributed by atoms with E-state index in [9.17, 15) is 53.4 Å². The van der Waals surface area contributed by atoms with E-state index in [1.54, 1.807) is 74.5 Å². The molecule has 0 aromatic carbocycles. The summed E-state index contributed by atoms with van der Waals surface area (Å²) in [5, 5.41) is 33.8. The number of rotatable bonds is 19. The van der Waals surface area contributed by atoms with Crippen molar-refractivity contribution in [1.82, 2.24) is 55.6 Å². The van der Waals surface area contributed by atoms with E-state index in [2.05, 4.69) is 21.3 Å². The predicted octanol–water partition coefficient (Wildman–Crippen LogP) is 1.11. The van der Waals surface area contributed by atoms with E-state index in [1.165, 1.54) is 66.1 Å². The molecule has 0 spiro atoms. The van der Waals surface area contributed by atoms with E-state index in [0.717, 1.165) is 24.5 Å². The average molecular weight is 1310 g/mol. The molecule has 8 N–H and O–H groups in total. The Bertz CT molecular complexity index is 2540. The molecule has 0 aromatic rings. The summed E-state index contributed by atoms with van der Waals surface area (Å²) in [6.45, 7) is 25.3. The maximum Gasteiger partial charge on any atom is 0.319 e. The number of nitrogens with one attached hydrogen (secondary N) is 4. The van der Waals surface area contributed by atoms with Gasteiger partial charge in [-0.1, -0.05) is 109 Å². The second-order valence-corrected chi connectivity index (χ2v) is 27.2. The maximum absolute atomic E-state index is 15.3. The number of hydrogen-bond donors (Lipinski definition) is 7. The lowest BCUT2D eigenvalue weighted by atomic mass is 9.91. The van der Waals surface area contributed by atoms with Gasteiger partial charge in [0.15, 0.2) is 0 Å². The monoisotopic (exact) mass is 1300 g/mol. The van der Waals surface area contributed by atoms with Crippen LogP contribution in [0.3, 0.4) is 0 Å². The zero-order valence-electron chi connectivity index (χ0n) is 59.4. The number of aliphatic hydroxyl groups excluding tert-OH is 2. The zero-order chi connectivity index (χ0) is 71.3. The summed E-state index contributed by atoms with van der Waals surface area (Å²) >= 11 is 0. The van der Waals surface area contributed by atoms with Crippen molar-refractivity contribution in [2.75, 3.05) is 69.1 Å². The Balaban J connectivity index is 4.55. The molecule has 27 heteroatoms. The van der Waals surface area contributed by atoms with E-state index in [1.807, 2.05) is 41.5 Å². The van der Waals surface area contributed by atoms with Crippen molar-refractivity contribution in [2.24, 2.45) is 47.2 Å². The number of likely N-dealkylation sites (N-methyl/N-ethyl adjacent to an activating group) is 7. The van der Waals surface area contributed by atoms with Crippen LogP contribution in [0.5, 0.6) is 0 Å². The highest BCUT2D eigenvalue weighted by Gasteiger charge is 2.46. The molecular weight excluding hydrogens is 1190 g/mol. The number of esters is 1. The molecule has 1 aliphatic heterocycles. The fourth-order valence-electron chi connectivity index (χ4n) is 11.3. The molecule has 13 atom stereocenters. The summed E-state index contributed by atoms with van der Waals surface area (Å²) in [5.74, 6) is -12.8. The van der Waals surface area contributed by atoms with Gasteiger partial charge in [0, 0.05) is 49.3 Å². The highest BCUT2D eigenvalue weighted by atomic mass is 16.5. The number of aliphatic hydroxyl groups is 2. The fourth-order valence-corrected chi connectivity index (χ4v) is 11.3. The molecule has 0 bridgehead atoms. The van der Waals surface area contributed by atoms with Gasteiger partial charge >= 0.3 is 5.97 Å². The molecule has 11 amide bonds. The van der Waals surface area contributed by atoms with Crippen LogP contribution in [0.25, 0.3) is 0 Å². The van der Waals surface area contributed by atoms with Crippen molar-refractivity contribution in [3.05, 3.63) is 12.2 Å². The minimum atomic E-state index is -1.70. The Hall–Kier alpha value is -6.74. The fraction of sp³-hybridized carbons (Fsp3) is 0.785. The minimum Gasteiger partial charge on any atom is -0.462 e. The van der Waals surface area contributed by atoms with E-state index in [0.29, 0.717) is 0 Å². The van der Waals surface area contributed by atoms with Crippen LogP contribution in [0.15, 0.2) is 12.2 Å². The first kappa shape index (κ1) is 83.3. The summed E-state index contributed by atoms with van der Waals surface area (Å²) in [6.07, 6.45) is 2.31. The topological polar surface area (TPSA) is 351 Å². The maximum atomic E-state index is 15.3. The van der Waals surface area contributed by atoms with Crippen molar-refractivity contribution in [3.8, 4) is 0 Å². The number of ether oxygens (including phenoxy) is 1. The smallest absolute Gasteiger partial charge is 0.319 e. The Morgan fingerprint density at radius 1 is 0.500 bits per heavy atom. The molecule has 2 unspecified atom stereocenters. The van der Waals surface area contributed by atoms with Gasteiger partial charge in [0.05, 0.1) is 19.3 Å². The van der Waals surface area contributed by atoms with Gasteiger partial charge < -0.3 is 76.3 Å². The van der Waals surface area contributed by atoms with Crippen LogP contribution < -0.4 is 27.0 Å². The summed E-state index contributed by atoms with van der Waals surface area (Å²) in [7, 11) is 9.34. The molecule has 0 radical (unpaired) electrons. The van der Waals surface area contributed by atoms with E-state index < -0.39 is 181 Å². The molecule has 0 saturated carbocycles. The third-order valence-electron chi connectivity index (χ3n) is 17.0. The normalized spacial score (nSPS) is 26.5. The van der Waals surface area contributed by atoms with Crippen molar-refractivity contribution in [2.45, 2.75) is 222 Å². The third kappa shape index (κ3) is 23.1. The molecule has 1 fully saturated rings. The van der Waals surface area contributed by atoms with Gasteiger partial charge in [0.2, 0.25) is 65.0 Å². The average Bonchev–Trinajstić information content (AvgIpc) is 0.912. The minimum absolute atomic E-state index is 0.0248. The lowest BCUT2D eigenvalue weighted by Gasteiger charge is -2.41. The summed E-state index contributed by atoms with van der Waals surface area (Å²) < 4.78 is 5.31. The van der Waals surface area contributed by atoms with Crippen molar-refractivity contribution < 1.29 is 72.5 Å². The van der Waals surface area contributed by atoms with Gasteiger partial charge in [-0.3, -0.25) is 57.5 Å². The third-order valence-corrected chi connectivity index (χ3v) is 17.0. The van der Waals surface area contributed by atoms with Gasteiger partial charge in [-0.05, 0) is 93.8 Å². The lowest BCUT2D eigenvalue weighted by molar-refractivity contribution is -0.158. The van der Waals surface area contributed by atoms with Gasteiger partial charge in [-0.25, -0.2) is 0 Å². The molecule has 1 aliphatic rings. The second kappa shape index (κ2) is 38.4. The Morgan fingerprint density at radius 3 is 1.33 bits per heavy atom. The van der Waals surface area contributed by atoms with Crippen molar-refractivity contribution in [1.29, 1.82) is 0 Å². The molecule has 0 aliphatic carbocycles. The zero-order valence-corrected chi connectivity index (χ0v) is 59.4. The summed E-state index contributed by atoms with van der Waals surface area (Å²) in [4.78, 5) is 183. The van der Waals surface area contributed by atoms with Crippen LogP contribution in [0, 0.1) is 41.4 Å². The molecule has 92 heavy (non-hydrogen) atoms. The van der Waals surface area contributed by atoms with E-state index >= 15 is 14.4 Å². The molecular formula is C65H116N12O15. The number of nitrogens with zero attached hydrogens (tertiary/aromatic N) is 7. The van der Waals surface area contributed by atoms with Crippen LogP contribution in [-0.2, 0) is 62.3 Å². The first-order valence-electron chi connectivity index (χ1n) is 32.5. The molecule has 1 heterocycles. The number of hydrogen-bond acceptors (Lipinski definition) is 16. The molecule has 27 nitrogen and oxygen atoms in total. The Labute approximate surface area is 547 Å². The van der Waals surface area contributed by atoms with Crippen molar-refractivity contribution >= 4 is 70.9 Å². The SMILES string of the molecule is C/C=C/CC(C)C(O)[C@H]1C(=O)N[C@@H](CC)C(=O)N(C)[C@@H](CO)C(=O)N(C)[C@@H](CC(C)C)C(=O)N[C@@H](C(C)C)C(=O)N(C)[C@@H](CC(C)C)C(=O)N[C@@H](C)C(=O)N[C@@H](COC(=O)CN)C(=O)N(C)[C@@H](CC(C)C)C(=O)N(C)[C@@H](CC(C)C)C(=O)N(C)[C@@H](C(C)C)C(=O)N1C. The standard InChI is InChI=1S/C65H116N12O15/c1-24-26-27-41(15)54(80)53-58(84)68-43(25-2)59(85)75(21)49(33-78)63(89)71(17)46(29-36(5)6)57(83)70-51(39(11)12)64(90)72(18)45(28-35(3)4)56(82)67-42(16)55(81)69-44(34-92-50(79)32-66)60(86)73(19)47(30-37(7)8)61(87)74(20)48(31-38(9)10)62(88)76(22)52(40(13)14)65(91)77(53)23/h24,26,35-49,51-54,78,80H,25,27-34,66H2,1-23H3,(H,67,82)(H,68,84)(H,69,81)(H,70,83)/b26-24+/t41?,42-,43-,44-,45-,46-,47-,48-,49-,51-,52-,53-,54?/m0/s1. The van der Waals surface area contributed by atoms with Gasteiger partial charge in [-0.2, -0.15) is 0 Å². The largest absolute Gasteiger partial charge is 0.462 e. The highest BCUT2D eigenvalue weighted by molar-refractivity contribution is 6.00. The molecule has 0 aromatic heterocycles. The van der Waals surface area contributed by atoms with E-state index in [-0.39, 0.29) is 62.2 Å². The number of carbonyl (C=O) groups is 12. The quantitative estimate of drug-likeness (QED) is 0.0704. The van der Waals surface area contributed by atoms with Crippen LogP contribution in [-0.4, -0.2) is 257 Å². The predicted molar refractivity (Wildman–Crippen MR) is 349 cm³/mol. The number of carbonyl (C=O) groups excluding carboxylic acids is 12. The van der Waals surface area contributed by atoms with Gasteiger partial charge in [0.25, 0.3) is 0 Å². The number of nitrogens with two attached hydrogens (primary N) is 1. The van der Waals surface area contributed by atoms with E-state index in [4.69, 9.17) is 10.5 Å². The summed E-state index contributed by atoms with van der Waals surface area (Å²) in [5.41, 5.74) is 5.56. The Kier molecular flexibility index (Phi) is 34.8. The molecule has 1 rings (SSSR count). The first-order chi connectivity index (χ1) is 42.6. The first-order valence-corrected chi connectivity index (χ1v) is 32.5.